The number of aliphatic imine (C=N–C) groups is 1. The van der Waals surface area contributed by atoms with Crippen LogP contribution in [-0.2, 0) is 17.8 Å². The van der Waals surface area contributed by atoms with Crippen LogP contribution < -0.4 is 5.32 Å². The molecule has 1 aliphatic rings. The molecule has 1 saturated carbocycles. The summed E-state index contributed by atoms with van der Waals surface area (Å²) in [6, 6.07) is 3.97. The second kappa shape index (κ2) is 5.98. The molecule has 0 unspecified atom stereocenters. The normalized spacial score (nSPS) is 18.3. The molecular weight excluding hydrogens is 228 g/mol. The predicted octanol–water partition coefficient (Wildman–Crippen LogP) is 2.58. The molecule has 1 aliphatic carbocycles. The summed E-state index contributed by atoms with van der Waals surface area (Å²) < 4.78 is 5.75. The predicted molar refractivity (Wildman–Crippen MR) is 69.1 cm³/mol. The van der Waals surface area contributed by atoms with Crippen LogP contribution >= 0.6 is 0 Å². The van der Waals surface area contributed by atoms with Gasteiger partial charge in [-0.15, -0.1) is 0 Å². The van der Waals surface area contributed by atoms with Crippen molar-refractivity contribution in [1.29, 1.82) is 0 Å². The third-order valence-corrected chi connectivity index (χ3v) is 3.64. The molecule has 0 bridgehead atoms. The van der Waals surface area contributed by atoms with Gasteiger partial charge in [-0.3, -0.25) is 0 Å². The van der Waals surface area contributed by atoms with Gasteiger partial charge in [0.05, 0.1) is 12.1 Å². The van der Waals surface area contributed by atoms with Gasteiger partial charge in [0.25, 0.3) is 0 Å². The second-order valence-electron chi connectivity index (χ2n) is 5.06. The highest BCUT2D eigenvalue weighted by atomic mass is 16.3. The lowest BCUT2D eigenvalue weighted by Crippen LogP contribution is -2.31. The van der Waals surface area contributed by atoms with Gasteiger partial charge in [-0.05, 0) is 32.0 Å². The zero-order valence-electron chi connectivity index (χ0n) is 10.9. The first-order valence-corrected chi connectivity index (χ1v) is 6.59. The van der Waals surface area contributed by atoms with Gasteiger partial charge in [0.1, 0.15) is 11.5 Å². The van der Waals surface area contributed by atoms with Crippen LogP contribution in [0, 0.1) is 0 Å². The Bertz CT molecular complexity index is 427. The minimum absolute atomic E-state index is 0.269. The summed E-state index contributed by atoms with van der Waals surface area (Å²) in [6.45, 7) is 0.726. The molecule has 1 N–H and O–H groups in total. The van der Waals surface area contributed by atoms with Crippen molar-refractivity contribution in [2.45, 2.75) is 50.6 Å². The molecule has 1 fully saturated rings. The molecule has 0 amide bonds. The third-order valence-electron chi connectivity index (χ3n) is 3.64. The summed E-state index contributed by atoms with van der Waals surface area (Å²) in [6.07, 6.45) is 7.89. The van der Waals surface area contributed by atoms with E-state index < -0.39 is 0 Å². The van der Waals surface area contributed by atoms with Crippen molar-refractivity contribution < 1.29 is 9.21 Å². The Morgan fingerprint density at radius 2 is 2.06 bits per heavy atom. The fourth-order valence-corrected chi connectivity index (χ4v) is 2.75. The van der Waals surface area contributed by atoms with E-state index in [4.69, 9.17) is 4.42 Å². The SMILES string of the molecule is CNCc1ccc(CC2(N=C=O)CCCCC2)o1. The van der Waals surface area contributed by atoms with E-state index in [1.165, 1.54) is 6.42 Å². The third kappa shape index (κ3) is 3.09. The monoisotopic (exact) mass is 248 g/mol. The first-order chi connectivity index (χ1) is 8.78. The lowest BCUT2D eigenvalue weighted by molar-refractivity contribution is 0.276. The van der Waals surface area contributed by atoms with Gasteiger partial charge in [0.15, 0.2) is 0 Å². The van der Waals surface area contributed by atoms with E-state index in [1.807, 2.05) is 19.2 Å². The maximum atomic E-state index is 10.6. The molecule has 0 aromatic carbocycles. The van der Waals surface area contributed by atoms with Crippen molar-refractivity contribution >= 4 is 6.08 Å². The molecular formula is C14H20N2O2. The van der Waals surface area contributed by atoms with Gasteiger partial charge < -0.3 is 9.73 Å². The van der Waals surface area contributed by atoms with Gasteiger partial charge in [0.2, 0.25) is 6.08 Å². The van der Waals surface area contributed by atoms with Gasteiger partial charge in [0, 0.05) is 6.42 Å². The number of furan rings is 1. The van der Waals surface area contributed by atoms with E-state index in [2.05, 4.69) is 10.3 Å². The molecule has 1 aromatic rings. The highest BCUT2D eigenvalue weighted by Gasteiger charge is 2.33. The standard InChI is InChI=1S/C14H20N2O2/c1-15-10-13-6-5-12(18-13)9-14(16-11-17)7-3-2-4-8-14/h5-6,15H,2-4,7-10H2,1H3. The van der Waals surface area contributed by atoms with E-state index in [1.54, 1.807) is 6.08 Å². The van der Waals surface area contributed by atoms with Crippen LogP contribution in [-0.4, -0.2) is 18.7 Å². The zero-order chi connectivity index (χ0) is 12.8. The summed E-state index contributed by atoms with van der Waals surface area (Å²) in [4.78, 5) is 14.7. The number of nitrogens with zero attached hydrogens (tertiary/aromatic N) is 1. The van der Waals surface area contributed by atoms with Crippen LogP contribution in [0.15, 0.2) is 21.5 Å². The molecule has 0 aliphatic heterocycles. The lowest BCUT2D eigenvalue weighted by Gasteiger charge is -2.31. The van der Waals surface area contributed by atoms with Crippen LogP contribution in [0.5, 0.6) is 0 Å². The second-order valence-corrected chi connectivity index (χ2v) is 5.06. The minimum Gasteiger partial charge on any atom is -0.465 e. The molecule has 1 aromatic heterocycles. The topological polar surface area (TPSA) is 54.6 Å². The molecule has 0 spiro atoms. The Balaban J connectivity index is 2.09. The summed E-state index contributed by atoms with van der Waals surface area (Å²) >= 11 is 0. The number of rotatable bonds is 5. The van der Waals surface area contributed by atoms with E-state index in [0.29, 0.717) is 6.42 Å². The summed E-state index contributed by atoms with van der Waals surface area (Å²) in [5.74, 6) is 1.84. The highest BCUT2D eigenvalue weighted by Crippen LogP contribution is 2.34. The molecule has 0 atom stereocenters. The number of nitrogens with one attached hydrogen (secondary N) is 1. The quantitative estimate of drug-likeness (QED) is 0.643. The average Bonchev–Trinajstić information content (AvgIpc) is 2.78. The Hall–Kier alpha value is -1.38. The molecule has 1 heterocycles. The van der Waals surface area contributed by atoms with Gasteiger partial charge in [-0.1, -0.05) is 19.3 Å². The number of isocyanates is 1. The van der Waals surface area contributed by atoms with Gasteiger partial charge in [-0.2, -0.15) is 4.99 Å². The fourth-order valence-electron chi connectivity index (χ4n) is 2.75. The van der Waals surface area contributed by atoms with E-state index in [0.717, 1.165) is 43.7 Å². The first kappa shape index (κ1) is 13.1. The van der Waals surface area contributed by atoms with Gasteiger partial charge in [-0.25, -0.2) is 4.79 Å². The lowest BCUT2D eigenvalue weighted by atomic mass is 9.79. The molecule has 4 nitrogen and oxygen atoms in total. The molecule has 0 saturated heterocycles. The van der Waals surface area contributed by atoms with Crippen molar-refractivity contribution in [2.24, 2.45) is 4.99 Å². The number of carbonyl (C=O) groups excluding carboxylic acids is 1. The Kier molecular flexibility index (Phi) is 4.34. The van der Waals surface area contributed by atoms with Crippen LogP contribution in [0.25, 0.3) is 0 Å². The van der Waals surface area contributed by atoms with Crippen molar-refractivity contribution in [1.82, 2.24) is 5.32 Å². The van der Waals surface area contributed by atoms with Crippen molar-refractivity contribution in [3.8, 4) is 0 Å². The first-order valence-electron chi connectivity index (χ1n) is 6.59. The van der Waals surface area contributed by atoms with Crippen LogP contribution in [0.3, 0.4) is 0 Å². The maximum absolute atomic E-state index is 10.6. The largest absolute Gasteiger partial charge is 0.465 e. The van der Waals surface area contributed by atoms with E-state index in [-0.39, 0.29) is 5.54 Å². The van der Waals surface area contributed by atoms with Crippen LogP contribution in [0.2, 0.25) is 0 Å². The van der Waals surface area contributed by atoms with Crippen LogP contribution in [0.4, 0.5) is 0 Å². The van der Waals surface area contributed by atoms with Crippen molar-refractivity contribution in [2.75, 3.05) is 7.05 Å². The Morgan fingerprint density at radius 3 is 2.72 bits per heavy atom. The Labute approximate surface area is 107 Å². The molecule has 18 heavy (non-hydrogen) atoms. The fraction of sp³-hybridized carbons (Fsp3) is 0.643. The van der Waals surface area contributed by atoms with E-state index in [9.17, 15) is 4.79 Å². The summed E-state index contributed by atoms with van der Waals surface area (Å²) in [5, 5.41) is 3.06. The summed E-state index contributed by atoms with van der Waals surface area (Å²) in [7, 11) is 1.89. The summed E-state index contributed by atoms with van der Waals surface area (Å²) in [5.41, 5.74) is -0.269. The molecule has 2 rings (SSSR count). The van der Waals surface area contributed by atoms with Gasteiger partial charge >= 0.3 is 0 Å². The minimum atomic E-state index is -0.269. The zero-order valence-corrected chi connectivity index (χ0v) is 10.9. The molecule has 98 valence electrons. The van der Waals surface area contributed by atoms with Crippen molar-refractivity contribution in [3.05, 3.63) is 23.7 Å². The number of hydrogen-bond acceptors (Lipinski definition) is 4. The average molecular weight is 248 g/mol. The Morgan fingerprint density at radius 1 is 1.33 bits per heavy atom. The molecule has 0 radical (unpaired) electrons. The van der Waals surface area contributed by atoms with E-state index >= 15 is 0 Å². The van der Waals surface area contributed by atoms with Crippen LogP contribution in [0.1, 0.15) is 43.6 Å². The van der Waals surface area contributed by atoms with Crippen molar-refractivity contribution in [3.63, 3.8) is 0 Å². The molecule has 4 heteroatoms. The maximum Gasteiger partial charge on any atom is 0.235 e. The highest BCUT2D eigenvalue weighted by molar-refractivity contribution is 5.35. The number of hydrogen-bond donors (Lipinski definition) is 1. The smallest absolute Gasteiger partial charge is 0.235 e.